The molecule has 1 N–H and O–H groups in total. The maximum atomic E-state index is 12.9. The molecule has 2 aromatic rings. The third-order valence-electron chi connectivity index (χ3n) is 6.67. The van der Waals surface area contributed by atoms with Gasteiger partial charge in [0.05, 0.1) is 30.6 Å². The summed E-state index contributed by atoms with van der Waals surface area (Å²) < 4.78 is 13.3. The van der Waals surface area contributed by atoms with Crippen molar-refractivity contribution < 1.29 is 19.1 Å². The Morgan fingerprint density at radius 1 is 1.26 bits per heavy atom. The lowest BCUT2D eigenvalue weighted by Crippen LogP contribution is -2.19. The Labute approximate surface area is 208 Å². The molecule has 3 heterocycles. The normalized spacial score (nSPS) is 21.9. The summed E-state index contributed by atoms with van der Waals surface area (Å²) in [6.45, 7) is 5.89. The van der Waals surface area contributed by atoms with Crippen molar-refractivity contribution in [3.05, 3.63) is 21.8 Å². The van der Waals surface area contributed by atoms with Crippen LogP contribution in [0.2, 0.25) is 0 Å². The van der Waals surface area contributed by atoms with Gasteiger partial charge in [-0.15, -0.1) is 21.5 Å². The quantitative estimate of drug-likeness (QED) is 0.399. The van der Waals surface area contributed by atoms with Gasteiger partial charge >= 0.3 is 5.97 Å². The van der Waals surface area contributed by atoms with E-state index in [0.29, 0.717) is 29.0 Å². The van der Waals surface area contributed by atoms with Crippen LogP contribution < -0.4 is 5.32 Å². The van der Waals surface area contributed by atoms with Crippen LogP contribution in [-0.2, 0) is 33.7 Å². The minimum Gasteiger partial charge on any atom is -0.462 e. The van der Waals surface area contributed by atoms with Crippen molar-refractivity contribution in [2.24, 2.45) is 5.92 Å². The Bertz CT molecular complexity index is 1060. The van der Waals surface area contributed by atoms with Crippen molar-refractivity contribution in [2.75, 3.05) is 24.3 Å². The molecule has 184 valence electrons. The van der Waals surface area contributed by atoms with Crippen molar-refractivity contribution in [2.45, 2.75) is 82.5 Å². The number of thioether (sulfide) groups is 1. The summed E-state index contributed by atoms with van der Waals surface area (Å²) in [5.41, 5.74) is 1.60. The van der Waals surface area contributed by atoms with Crippen molar-refractivity contribution in [1.29, 1.82) is 0 Å². The first-order valence-electron chi connectivity index (χ1n) is 12.3. The van der Waals surface area contributed by atoms with Crippen LogP contribution in [0.3, 0.4) is 0 Å². The molecule has 1 amide bonds. The van der Waals surface area contributed by atoms with E-state index in [4.69, 9.17) is 9.47 Å². The highest BCUT2D eigenvalue weighted by Gasteiger charge is 2.32. The highest BCUT2D eigenvalue weighted by molar-refractivity contribution is 7.99. The summed E-state index contributed by atoms with van der Waals surface area (Å²) in [4.78, 5) is 26.9. The highest BCUT2D eigenvalue weighted by Crippen LogP contribution is 2.41. The molecule has 34 heavy (non-hydrogen) atoms. The maximum absolute atomic E-state index is 12.9. The number of rotatable bonds is 9. The zero-order chi connectivity index (χ0) is 23.7. The van der Waals surface area contributed by atoms with Crippen LogP contribution >= 0.6 is 23.1 Å². The summed E-state index contributed by atoms with van der Waals surface area (Å²) in [5.74, 6) is 1.78. The molecule has 1 aliphatic heterocycles. The summed E-state index contributed by atoms with van der Waals surface area (Å²) in [6, 6.07) is 0. The van der Waals surface area contributed by atoms with Gasteiger partial charge in [0.25, 0.3) is 0 Å². The average Bonchev–Trinajstić information content (AvgIpc) is 3.21. The maximum Gasteiger partial charge on any atom is 0.341 e. The second-order valence-corrected chi connectivity index (χ2v) is 11.5. The van der Waals surface area contributed by atoms with Gasteiger partial charge in [0, 0.05) is 17.4 Å². The number of amides is 1. The number of nitrogens with one attached hydrogen (secondary N) is 1. The second kappa shape index (κ2) is 10.4. The van der Waals surface area contributed by atoms with Crippen LogP contribution in [0.15, 0.2) is 5.16 Å². The number of carbonyl (C=O) groups excluding carboxylic acids is 2. The predicted octanol–water partition coefficient (Wildman–Crippen LogP) is 4.43. The van der Waals surface area contributed by atoms with Gasteiger partial charge in [0.15, 0.2) is 5.16 Å². The number of hydrogen-bond acceptors (Lipinski definition) is 8. The van der Waals surface area contributed by atoms with Gasteiger partial charge < -0.3 is 19.4 Å². The SMILES string of the molecule is CCOC(=O)c1c(NC(=O)CSc2nnc(C3CC3)n2C[C@H]2CCCO2)sc2c1CC[C@@H](C)C2. The highest BCUT2D eigenvalue weighted by atomic mass is 32.2. The number of anilines is 1. The smallest absolute Gasteiger partial charge is 0.341 e. The molecule has 0 aromatic carbocycles. The third-order valence-corrected chi connectivity index (χ3v) is 8.81. The fourth-order valence-corrected chi connectivity index (χ4v) is 6.93. The van der Waals surface area contributed by atoms with E-state index in [9.17, 15) is 9.59 Å². The molecule has 10 heteroatoms. The number of nitrogens with zero attached hydrogens (tertiary/aromatic N) is 3. The fourth-order valence-electron chi connectivity index (χ4n) is 4.76. The number of hydrogen-bond donors (Lipinski definition) is 1. The fraction of sp³-hybridized carbons (Fsp3) is 0.667. The van der Waals surface area contributed by atoms with Gasteiger partial charge in [-0.1, -0.05) is 18.7 Å². The number of fused-ring (bicyclic) bond motifs is 1. The van der Waals surface area contributed by atoms with E-state index in [2.05, 4.69) is 27.0 Å². The van der Waals surface area contributed by atoms with Crippen molar-refractivity contribution in [3.8, 4) is 0 Å². The molecule has 0 unspecified atom stereocenters. The molecule has 0 spiro atoms. The first-order valence-corrected chi connectivity index (χ1v) is 14.1. The monoisotopic (exact) mass is 504 g/mol. The number of thiophene rings is 1. The molecule has 1 saturated heterocycles. The zero-order valence-electron chi connectivity index (χ0n) is 19.8. The molecule has 1 saturated carbocycles. The Morgan fingerprint density at radius 2 is 2.12 bits per heavy atom. The Hall–Kier alpha value is -1.91. The van der Waals surface area contributed by atoms with E-state index in [1.165, 1.54) is 28.0 Å². The standard InChI is InChI=1S/C24H32N4O4S2/c1-3-31-23(30)20-17-9-6-14(2)11-18(17)34-22(20)25-19(29)13-33-24-27-26-21(15-7-8-15)28(24)12-16-5-4-10-32-16/h14-16H,3-13H2,1-2H3,(H,25,29)/t14-,16-/m1/s1. The van der Waals surface area contributed by atoms with Gasteiger partial charge in [0.1, 0.15) is 10.8 Å². The number of esters is 1. The zero-order valence-corrected chi connectivity index (χ0v) is 21.4. The number of aromatic nitrogens is 3. The van der Waals surface area contributed by atoms with Gasteiger partial charge in [-0.3, -0.25) is 4.79 Å². The second-order valence-electron chi connectivity index (χ2n) is 9.47. The van der Waals surface area contributed by atoms with Gasteiger partial charge in [-0.25, -0.2) is 4.79 Å². The van der Waals surface area contributed by atoms with Gasteiger partial charge in [-0.05, 0) is 63.4 Å². The van der Waals surface area contributed by atoms with Crippen LogP contribution in [-0.4, -0.2) is 51.7 Å². The largest absolute Gasteiger partial charge is 0.462 e. The van der Waals surface area contributed by atoms with Crippen LogP contribution in [0.1, 0.15) is 78.5 Å². The number of carbonyl (C=O) groups is 2. The lowest BCUT2D eigenvalue weighted by atomic mass is 9.88. The molecule has 0 radical (unpaired) electrons. The third kappa shape index (κ3) is 5.18. The average molecular weight is 505 g/mol. The lowest BCUT2D eigenvalue weighted by Gasteiger charge is -2.18. The molecule has 3 aliphatic rings. The minimum absolute atomic E-state index is 0.151. The van der Waals surface area contributed by atoms with E-state index in [1.54, 1.807) is 6.92 Å². The summed E-state index contributed by atoms with van der Waals surface area (Å²) >= 11 is 2.91. The molecule has 0 bridgehead atoms. The Kier molecular flexibility index (Phi) is 7.27. The van der Waals surface area contributed by atoms with Gasteiger partial charge in [0.2, 0.25) is 5.91 Å². The predicted molar refractivity (Wildman–Crippen MR) is 132 cm³/mol. The molecule has 2 atom stereocenters. The molecule has 2 aliphatic carbocycles. The van der Waals surface area contributed by atoms with E-state index in [1.807, 2.05) is 0 Å². The summed E-state index contributed by atoms with van der Waals surface area (Å²) in [7, 11) is 0. The molecule has 8 nitrogen and oxygen atoms in total. The first kappa shape index (κ1) is 23.8. The first-order chi connectivity index (χ1) is 16.5. The lowest BCUT2D eigenvalue weighted by molar-refractivity contribution is -0.113. The summed E-state index contributed by atoms with van der Waals surface area (Å²) in [5, 5.41) is 13.2. The van der Waals surface area contributed by atoms with Crippen LogP contribution in [0, 0.1) is 5.92 Å². The van der Waals surface area contributed by atoms with Crippen molar-refractivity contribution >= 4 is 40.0 Å². The minimum atomic E-state index is -0.345. The molecular weight excluding hydrogens is 472 g/mol. The molecular formula is C24H32N4O4S2. The topological polar surface area (TPSA) is 95.3 Å². The Balaban J connectivity index is 1.28. The van der Waals surface area contributed by atoms with E-state index >= 15 is 0 Å². The van der Waals surface area contributed by atoms with Crippen LogP contribution in [0.25, 0.3) is 0 Å². The Morgan fingerprint density at radius 3 is 2.85 bits per heavy atom. The van der Waals surface area contributed by atoms with E-state index in [0.717, 1.165) is 74.6 Å². The molecule has 5 rings (SSSR count). The van der Waals surface area contributed by atoms with Gasteiger partial charge in [-0.2, -0.15) is 0 Å². The van der Waals surface area contributed by atoms with Crippen LogP contribution in [0.4, 0.5) is 5.00 Å². The molecule has 2 aromatic heterocycles. The van der Waals surface area contributed by atoms with Crippen molar-refractivity contribution in [1.82, 2.24) is 14.8 Å². The summed E-state index contributed by atoms with van der Waals surface area (Å²) in [6.07, 6.45) is 7.45. The van der Waals surface area contributed by atoms with Crippen LogP contribution in [0.5, 0.6) is 0 Å². The van der Waals surface area contributed by atoms with E-state index < -0.39 is 0 Å². The van der Waals surface area contributed by atoms with Crippen molar-refractivity contribution in [3.63, 3.8) is 0 Å². The number of ether oxygens (including phenoxy) is 2. The van der Waals surface area contributed by atoms with E-state index in [-0.39, 0.29) is 23.7 Å². The molecule has 2 fully saturated rings.